The van der Waals surface area contributed by atoms with Gasteiger partial charge >= 0.3 is 12.6 Å². The molecule has 1 amide bonds. The fourth-order valence-electron chi connectivity index (χ4n) is 2.35. The standard InChI is InChI=1S/C14H14ClF2NO4/c1-14(12(20)21)4-5-18(7-14)11(19)9-6-8(15)2-3-10(9)22-13(16)17/h2-3,6,13H,4-5,7H2,1H3,(H,20,21). The number of carbonyl (C=O) groups excluding carboxylic acids is 1. The van der Waals surface area contributed by atoms with Gasteiger partial charge in [0.15, 0.2) is 0 Å². The highest BCUT2D eigenvalue weighted by Crippen LogP contribution is 2.33. The lowest BCUT2D eigenvalue weighted by atomic mass is 9.90. The summed E-state index contributed by atoms with van der Waals surface area (Å²) in [5.41, 5.74) is -1.15. The summed E-state index contributed by atoms with van der Waals surface area (Å²) in [5, 5.41) is 9.38. The number of hydrogen-bond acceptors (Lipinski definition) is 3. The molecule has 1 fully saturated rings. The van der Waals surface area contributed by atoms with Crippen molar-refractivity contribution in [3.05, 3.63) is 28.8 Å². The van der Waals surface area contributed by atoms with Gasteiger partial charge in [-0.25, -0.2) is 0 Å². The summed E-state index contributed by atoms with van der Waals surface area (Å²) >= 11 is 5.80. The summed E-state index contributed by atoms with van der Waals surface area (Å²) < 4.78 is 29.2. The van der Waals surface area contributed by atoms with Crippen LogP contribution < -0.4 is 4.74 Å². The molecule has 0 bridgehead atoms. The van der Waals surface area contributed by atoms with Crippen LogP contribution in [-0.4, -0.2) is 41.6 Å². The van der Waals surface area contributed by atoms with Crippen LogP contribution in [0.2, 0.25) is 5.02 Å². The van der Waals surface area contributed by atoms with Gasteiger partial charge in [0.1, 0.15) is 5.75 Å². The average molecular weight is 334 g/mol. The molecule has 2 rings (SSSR count). The zero-order valence-corrected chi connectivity index (χ0v) is 12.4. The molecule has 1 aromatic carbocycles. The average Bonchev–Trinajstić information content (AvgIpc) is 2.83. The lowest BCUT2D eigenvalue weighted by Crippen LogP contribution is -2.35. The summed E-state index contributed by atoms with van der Waals surface area (Å²) in [5.74, 6) is -1.87. The fourth-order valence-corrected chi connectivity index (χ4v) is 2.52. The summed E-state index contributed by atoms with van der Waals surface area (Å²) in [6, 6.07) is 3.76. The SMILES string of the molecule is CC1(C(=O)O)CCN(C(=O)c2cc(Cl)ccc2OC(F)F)C1. The summed E-state index contributed by atoms with van der Waals surface area (Å²) in [4.78, 5) is 25.0. The quantitative estimate of drug-likeness (QED) is 0.920. The Balaban J connectivity index is 2.26. The Bertz CT molecular complexity index is 611. The Morgan fingerprint density at radius 1 is 1.45 bits per heavy atom. The first-order valence-electron chi connectivity index (χ1n) is 6.50. The molecule has 1 saturated heterocycles. The predicted octanol–water partition coefficient (Wildman–Crippen LogP) is 2.88. The molecule has 1 N–H and O–H groups in total. The zero-order valence-electron chi connectivity index (χ0n) is 11.7. The Labute approximate surface area is 130 Å². The minimum atomic E-state index is -3.07. The van der Waals surface area contributed by atoms with Crippen molar-refractivity contribution in [3.8, 4) is 5.75 Å². The van der Waals surface area contributed by atoms with Gasteiger partial charge < -0.3 is 14.7 Å². The van der Waals surface area contributed by atoms with E-state index in [0.29, 0.717) is 6.42 Å². The molecule has 1 aliphatic heterocycles. The van der Waals surface area contributed by atoms with Crippen LogP contribution in [0.3, 0.4) is 0 Å². The molecule has 0 spiro atoms. The highest BCUT2D eigenvalue weighted by molar-refractivity contribution is 6.31. The molecule has 5 nitrogen and oxygen atoms in total. The number of carbonyl (C=O) groups is 2. The molecule has 120 valence electrons. The molecular weight excluding hydrogens is 320 g/mol. The number of likely N-dealkylation sites (tertiary alicyclic amines) is 1. The van der Waals surface area contributed by atoms with Crippen molar-refractivity contribution in [2.24, 2.45) is 5.41 Å². The Morgan fingerprint density at radius 3 is 2.68 bits per heavy atom. The number of carboxylic acids is 1. The van der Waals surface area contributed by atoms with E-state index < -0.39 is 23.9 Å². The maximum absolute atomic E-state index is 12.5. The third-order valence-electron chi connectivity index (χ3n) is 3.66. The molecular formula is C14H14ClF2NO4. The van der Waals surface area contributed by atoms with Gasteiger partial charge in [0.2, 0.25) is 0 Å². The second-order valence-corrected chi connectivity index (χ2v) is 5.80. The molecule has 1 aliphatic rings. The third kappa shape index (κ3) is 3.30. The Kier molecular flexibility index (Phi) is 4.55. The number of ether oxygens (including phenoxy) is 1. The van der Waals surface area contributed by atoms with Crippen molar-refractivity contribution in [2.45, 2.75) is 20.0 Å². The fraction of sp³-hybridized carbons (Fsp3) is 0.429. The van der Waals surface area contributed by atoms with E-state index in [-0.39, 0.29) is 29.4 Å². The van der Waals surface area contributed by atoms with Crippen molar-refractivity contribution >= 4 is 23.5 Å². The van der Waals surface area contributed by atoms with Gasteiger partial charge in [0.05, 0.1) is 11.0 Å². The molecule has 0 saturated carbocycles. The summed E-state index contributed by atoms with van der Waals surface area (Å²) in [6.07, 6.45) is 0.291. The number of nitrogens with zero attached hydrogens (tertiary/aromatic N) is 1. The second-order valence-electron chi connectivity index (χ2n) is 5.36. The van der Waals surface area contributed by atoms with E-state index in [2.05, 4.69) is 4.74 Å². The number of carboxylic acid groups (broad SMARTS) is 1. The Morgan fingerprint density at radius 2 is 2.14 bits per heavy atom. The third-order valence-corrected chi connectivity index (χ3v) is 3.90. The Hall–Kier alpha value is -1.89. The minimum absolute atomic E-state index is 0.00178. The number of amides is 1. The molecule has 1 unspecified atom stereocenters. The van der Waals surface area contributed by atoms with E-state index in [4.69, 9.17) is 11.6 Å². The zero-order chi connectivity index (χ0) is 16.5. The van der Waals surface area contributed by atoms with Crippen molar-refractivity contribution in [2.75, 3.05) is 13.1 Å². The van der Waals surface area contributed by atoms with Crippen molar-refractivity contribution < 1.29 is 28.2 Å². The van der Waals surface area contributed by atoms with Gasteiger partial charge in [0.25, 0.3) is 5.91 Å². The van der Waals surface area contributed by atoms with Crippen LogP contribution in [0.15, 0.2) is 18.2 Å². The van der Waals surface area contributed by atoms with Crippen molar-refractivity contribution in [3.63, 3.8) is 0 Å². The number of benzene rings is 1. The van der Waals surface area contributed by atoms with Crippen LogP contribution in [0.25, 0.3) is 0 Å². The largest absolute Gasteiger partial charge is 0.481 e. The predicted molar refractivity (Wildman–Crippen MR) is 74.3 cm³/mol. The van der Waals surface area contributed by atoms with Gasteiger partial charge in [-0.1, -0.05) is 11.6 Å². The first-order chi connectivity index (χ1) is 10.2. The number of alkyl halides is 2. The van der Waals surface area contributed by atoms with Crippen molar-refractivity contribution in [1.29, 1.82) is 0 Å². The van der Waals surface area contributed by atoms with Crippen LogP contribution in [0.5, 0.6) is 5.75 Å². The maximum Gasteiger partial charge on any atom is 0.387 e. The minimum Gasteiger partial charge on any atom is -0.481 e. The smallest absolute Gasteiger partial charge is 0.387 e. The van der Waals surface area contributed by atoms with Crippen molar-refractivity contribution in [1.82, 2.24) is 4.90 Å². The molecule has 22 heavy (non-hydrogen) atoms. The molecule has 1 atom stereocenters. The van der Waals surface area contributed by atoms with E-state index >= 15 is 0 Å². The van der Waals surface area contributed by atoms with Gasteiger partial charge in [-0.15, -0.1) is 0 Å². The van der Waals surface area contributed by atoms with E-state index in [1.165, 1.54) is 30.0 Å². The molecule has 0 radical (unpaired) electrons. The van der Waals surface area contributed by atoms with E-state index in [1.807, 2.05) is 0 Å². The summed E-state index contributed by atoms with van der Waals surface area (Å²) in [6.45, 7) is -1.31. The monoisotopic (exact) mass is 333 g/mol. The number of aliphatic carboxylic acids is 1. The van der Waals surface area contributed by atoms with E-state index in [0.717, 1.165) is 0 Å². The van der Waals surface area contributed by atoms with Gasteiger partial charge in [-0.3, -0.25) is 9.59 Å². The van der Waals surface area contributed by atoms with Crippen LogP contribution in [-0.2, 0) is 4.79 Å². The number of hydrogen-bond donors (Lipinski definition) is 1. The maximum atomic E-state index is 12.5. The number of halogens is 3. The lowest BCUT2D eigenvalue weighted by Gasteiger charge is -2.21. The van der Waals surface area contributed by atoms with Gasteiger partial charge in [0, 0.05) is 18.1 Å². The van der Waals surface area contributed by atoms with Crippen LogP contribution >= 0.6 is 11.6 Å². The van der Waals surface area contributed by atoms with E-state index in [1.54, 1.807) is 0 Å². The van der Waals surface area contributed by atoms with E-state index in [9.17, 15) is 23.5 Å². The molecule has 1 aromatic rings. The van der Waals surface area contributed by atoms with Gasteiger partial charge in [-0.2, -0.15) is 8.78 Å². The molecule has 8 heteroatoms. The van der Waals surface area contributed by atoms with Crippen LogP contribution in [0.4, 0.5) is 8.78 Å². The highest BCUT2D eigenvalue weighted by atomic mass is 35.5. The summed E-state index contributed by atoms with van der Waals surface area (Å²) in [7, 11) is 0. The number of rotatable bonds is 4. The van der Waals surface area contributed by atoms with Crippen LogP contribution in [0, 0.1) is 5.41 Å². The first kappa shape index (κ1) is 16.5. The van der Waals surface area contributed by atoms with Crippen LogP contribution in [0.1, 0.15) is 23.7 Å². The normalized spacial score (nSPS) is 21.2. The molecule has 0 aliphatic carbocycles. The topological polar surface area (TPSA) is 66.8 Å². The lowest BCUT2D eigenvalue weighted by molar-refractivity contribution is -0.147. The first-order valence-corrected chi connectivity index (χ1v) is 6.88. The highest BCUT2D eigenvalue weighted by Gasteiger charge is 2.42. The van der Waals surface area contributed by atoms with Gasteiger partial charge in [-0.05, 0) is 31.5 Å². The molecule has 1 heterocycles. The second kappa shape index (κ2) is 6.08. The molecule has 0 aromatic heterocycles.